The van der Waals surface area contributed by atoms with Crippen LogP contribution >= 0.6 is 0 Å². The number of hydrogen-bond acceptors (Lipinski definition) is 6. The molecule has 1 aliphatic rings. The molecule has 1 aromatic rings. The molecule has 0 N–H and O–H groups in total. The summed E-state index contributed by atoms with van der Waals surface area (Å²) in [5.74, 6) is 0.976. The lowest BCUT2D eigenvalue weighted by Gasteiger charge is -2.37. The highest BCUT2D eigenvalue weighted by atomic mass is 16.5. The molecule has 0 amide bonds. The van der Waals surface area contributed by atoms with Gasteiger partial charge in [-0.2, -0.15) is 4.98 Å². The molecule has 0 saturated carbocycles. The predicted molar refractivity (Wildman–Crippen MR) is 75.6 cm³/mol. The third-order valence-electron chi connectivity index (χ3n) is 4.08. The topological polar surface area (TPSA) is 62.5 Å². The molecule has 112 valence electrons. The van der Waals surface area contributed by atoms with Crippen molar-refractivity contribution in [3.05, 3.63) is 11.7 Å². The smallest absolute Gasteiger partial charge is 0.236 e. The van der Waals surface area contributed by atoms with E-state index in [-0.39, 0.29) is 11.7 Å². The molecule has 0 radical (unpaired) electrons. The van der Waals surface area contributed by atoms with Crippen molar-refractivity contribution >= 4 is 5.78 Å². The van der Waals surface area contributed by atoms with E-state index in [1.165, 1.54) is 0 Å². The van der Waals surface area contributed by atoms with E-state index in [0.717, 1.165) is 26.1 Å². The summed E-state index contributed by atoms with van der Waals surface area (Å²) in [4.78, 5) is 20.7. The number of piperazine rings is 1. The lowest BCUT2D eigenvalue weighted by atomic mass is 10.0. The molecule has 20 heavy (non-hydrogen) atoms. The van der Waals surface area contributed by atoms with Crippen LogP contribution in [-0.2, 0) is 11.2 Å². The van der Waals surface area contributed by atoms with Gasteiger partial charge in [0.15, 0.2) is 5.82 Å². The molecule has 2 unspecified atom stereocenters. The number of hydrogen-bond donors (Lipinski definition) is 0. The van der Waals surface area contributed by atoms with E-state index in [9.17, 15) is 4.79 Å². The second-order valence-corrected chi connectivity index (χ2v) is 5.69. The van der Waals surface area contributed by atoms with Gasteiger partial charge >= 0.3 is 0 Å². The van der Waals surface area contributed by atoms with Crippen LogP contribution in [0.15, 0.2) is 4.52 Å². The van der Waals surface area contributed by atoms with Gasteiger partial charge in [-0.3, -0.25) is 4.79 Å². The molecule has 1 fully saturated rings. The van der Waals surface area contributed by atoms with Crippen molar-refractivity contribution in [1.29, 1.82) is 0 Å². The van der Waals surface area contributed by atoms with Gasteiger partial charge in [0.2, 0.25) is 5.89 Å². The van der Waals surface area contributed by atoms with Gasteiger partial charge in [-0.15, -0.1) is 0 Å². The van der Waals surface area contributed by atoms with Crippen molar-refractivity contribution in [3.8, 4) is 0 Å². The van der Waals surface area contributed by atoms with Crippen molar-refractivity contribution in [2.75, 3.05) is 33.7 Å². The standard InChI is InChI=1S/C14H24N4O2/c1-5-12(19)10(2)14-15-13(16-20-14)8-11-9-17(3)6-7-18(11)4/h10-11H,5-9H2,1-4H3. The Hall–Kier alpha value is -1.27. The van der Waals surface area contributed by atoms with Crippen molar-refractivity contribution in [2.24, 2.45) is 0 Å². The average Bonchev–Trinajstić information content (AvgIpc) is 2.89. The molecule has 0 bridgehead atoms. The highest BCUT2D eigenvalue weighted by Gasteiger charge is 2.26. The first-order valence-electron chi connectivity index (χ1n) is 7.25. The third-order valence-corrected chi connectivity index (χ3v) is 4.08. The Morgan fingerprint density at radius 3 is 2.90 bits per heavy atom. The zero-order chi connectivity index (χ0) is 14.7. The Morgan fingerprint density at radius 2 is 2.20 bits per heavy atom. The highest BCUT2D eigenvalue weighted by Crippen LogP contribution is 2.17. The van der Waals surface area contributed by atoms with Crippen LogP contribution in [0.3, 0.4) is 0 Å². The Kier molecular flexibility index (Phi) is 4.88. The first-order chi connectivity index (χ1) is 9.51. The minimum atomic E-state index is -0.298. The highest BCUT2D eigenvalue weighted by molar-refractivity contribution is 5.83. The lowest BCUT2D eigenvalue weighted by molar-refractivity contribution is -0.120. The van der Waals surface area contributed by atoms with Crippen molar-refractivity contribution in [1.82, 2.24) is 19.9 Å². The first kappa shape index (κ1) is 15.1. The monoisotopic (exact) mass is 280 g/mol. The molecule has 0 spiro atoms. The van der Waals surface area contributed by atoms with Crippen LogP contribution in [0.1, 0.15) is 37.9 Å². The summed E-state index contributed by atoms with van der Waals surface area (Å²) in [6.45, 7) is 6.82. The number of Topliss-reactive ketones (excluding diaryl/α,β-unsaturated/α-hetero) is 1. The van der Waals surface area contributed by atoms with Crippen molar-refractivity contribution in [3.63, 3.8) is 0 Å². The number of nitrogens with zero attached hydrogens (tertiary/aromatic N) is 4. The molecule has 0 aromatic carbocycles. The van der Waals surface area contributed by atoms with E-state index in [1.54, 1.807) is 0 Å². The van der Waals surface area contributed by atoms with Crippen LogP contribution in [0.2, 0.25) is 0 Å². The fourth-order valence-electron chi connectivity index (χ4n) is 2.50. The number of carbonyl (C=O) groups is 1. The molecule has 6 heteroatoms. The summed E-state index contributed by atoms with van der Waals surface area (Å²) in [5.41, 5.74) is 0. The van der Waals surface area contributed by atoms with E-state index in [1.807, 2.05) is 13.8 Å². The average molecular weight is 280 g/mol. The fourth-order valence-corrected chi connectivity index (χ4v) is 2.50. The van der Waals surface area contributed by atoms with Crippen LogP contribution in [0.25, 0.3) is 0 Å². The largest absolute Gasteiger partial charge is 0.339 e. The molecular formula is C14H24N4O2. The number of likely N-dealkylation sites (N-methyl/N-ethyl adjacent to an activating group) is 2. The Bertz CT molecular complexity index is 460. The van der Waals surface area contributed by atoms with Crippen LogP contribution in [0, 0.1) is 0 Å². The molecule has 2 heterocycles. The molecule has 2 atom stereocenters. The second kappa shape index (κ2) is 6.45. The minimum Gasteiger partial charge on any atom is -0.339 e. The van der Waals surface area contributed by atoms with E-state index in [2.05, 4.69) is 34.0 Å². The summed E-state index contributed by atoms with van der Waals surface area (Å²) in [6.07, 6.45) is 1.26. The summed E-state index contributed by atoms with van der Waals surface area (Å²) >= 11 is 0. The van der Waals surface area contributed by atoms with Crippen LogP contribution in [0.4, 0.5) is 0 Å². The maximum Gasteiger partial charge on any atom is 0.236 e. The number of ketones is 1. The van der Waals surface area contributed by atoms with Crippen LogP contribution < -0.4 is 0 Å². The van der Waals surface area contributed by atoms with Gasteiger partial charge < -0.3 is 14.3 Å². The van der Waals surface area contributed by atoms with Gasteiger partial charge in [0.1, 0.15) is 5.78 Å². The van der Waals surface area contributed by atoms with Crippen molar-refractivity contribution in [2.45, 2.75) is 38.6 Å². The van der Waals surface area contributed by atoms with Gasteiger partial charge in [-0.1, -0.05) is 12.1 Å². The molecule has 0 aliphatic carbocycles. The summed E-state index contributed by atoms with van der Waals surface area (Å²) in [5, 5.41) is 4.02. The third kappa shape index (κ3) is 3.43. The molecule has 1 aromatic heterocycles. The molecule has 1 aliphatic heterocycles. The summed E-state index contributed by atoms with van der Waals surface area (Å²) in [7, 11) is 4.26. The lowest BCUT2D eigenvalue weighted by Crippen LogP contribution is -2.50. The number of carbonyl (C=O) groups excluding carboxylic acids is 1. The van der Waals surface area contributed by atoms with Gasteiger partial charge in [0.05, 0.1) is 5.92 Å². The molecular weight excluding hydrogens is 256 g/mol. The van der Waals surface area contributed by atoms with Crippen LogP contribution in [-0.4, -0.2) is 65.5 Å². The number of aromatic nitrogens is 2. The maximum atomic E-state index is 11.7. The fraction of sp³-hybridized carbons (Fsp3) is 0.786. The molecule has 1 saturated heterocycles. The summed E-state index contributed by atoms with van der Waals surface area (Å²) < 4.78 is 5.24. The van der Waals surface area contributed by atoms with E-state index in [0.29, 0.717) is 24.2 Å². The van der Waals surface area contributed by atoms with Crippen molar-refractivity contribution < 1.29 is 9.32 Å². The zero-order valence-electron chi connectivity index (χ0n) is 12.8. The zero-order valence-corrected chi connectivity index (χ0v) is 12.8. The predicted octanol–water partition coefficient (Wildman–Crippen LogP) is 0.941. The van der Waals surface area contributed by atoms with E-state index < -0.39 is 0 Å². The van der Waals surface area contributed by atoms with Gasteiger partial charge in [0, 0.05) is 38.5 Å². The molecule has 6 nitrogen and oxygen atoms in total. The second-order valence-electron chi connectivity index (χ2n) is 5.69. The molecule has 2 rings (SSSR count). The Balaban J connectivity index is 2.00. The Morgan fingerprint density at radius 1 is 1.45 bits per heavy atom. The van der Waals surface area contributed by atoms with E-state index >= 15 is 0 Å². The SMILES string of the molecule is CCC(=O)C(C)c1nc(CC2CN(C)CCN2C)no1. The quantitative estimate of drug-likeness (QED) is 0.800. The normalized spacial score (nSPS) is 22.9. The first-order valence-corrected chi connectivity index (χ1v) is 7.25. The number of rotatable bonds is 5. The van der Waals surface area contributed by atoms with Gasteiger partial charge in [0.25, 0.3) is 0 Å². The van der Waals surface area contributed by atoms with Gasteiger partial charge in [-0.05, 0) is 21.0 Å². The Labute approximate surface area is 120 Å². The summed E-state index contributed by atoms with van der Waals surface area (Å²) in [6, 6.07) is 0.399. The van der Waals surface area contributed by atoms with Crippen LogP contribution in [0.5, 0.6) is 0 Å². The maximum absolute atomic E-state index is 11.7. The van der Waals surface area contributed by atoms with Gasteiger partial charge in [-0.25, -0.2) is 0 Å². The van der Waals surface area contributed by atoms with E-state index in [4.69, 9.17) is 4.52 Å². The minimum absolute atomic E-state index is 0.134.